The van der Waals surface area contributed by atoms with Crippen LogP contribution in [0.5, 0.6) is 0 Å². The third-order valence-corrected chi connectivity index (χ3v) is 1.50. The fourth-order valence-electron chi connectivity index (χ4n) is 0.681. The molecule has 15 heteroatoms. The van der Waals surface area contributed by atoms with Crippen molar-refractivity contribution in [3.63, 3.8) is 0 Å². The molecule has 0 aromatic carbocycles. The van der Waals surface area contributed by atoms with Crippen molar-refractivity contribution in [2.24, 2.45) is 0 Å². The standard InChI is InChI=1S/C6H4F5N2.BF3O3.K/c7-5(8,6(9,10)11)4-13-3-1-2-12-13;2-5-1(6-3)7-4;/h2-3H,4H2;;/q-1;;+1. The Morgan fingerprint density at radius 1 is 1.05 bits per heavy atom. The van der Waals surface area contributed by atoms with Gasteiger partial charge in [-0.3, -0.25) is 0 Å². The maximum atomic E-state index is 12.3. The summed E-state index contributed by atoms with van der Waals surface area (Å²) in [5, 5.41) is 3.20. The Hall–Kier alpha value is 0.231. The van der Waals surface area contributed by atoms with Crippen molar-refractivity contribution in [1.82, 2.24) is 9.78 Å². The van der Waals surface area contributed by atoms with Crippen LogP contribution in [0.3, 0.4) is 0 Å². The van der Waals surface area contributed by atoms with Gasteiger partial charge in [-0.2, -0.15) is 42.7 Å². The predicted octanol–water partition coefficient (Wildman–Crippen LogP) is -0.441. The Morgan fingerprint density at radius 2 is 1.52 bits per heavy atom. The van der Waals surface area contributed by atoms with Gasteiger partial charge in [0.25, 0.3) is 0 Å². The van der Waals surface area contributed by atoms with Gasteiger partial charge in [0.05, 0.1) is 0 Å². The maximum absolute atomic E-state index is 12.3. The normalized spacial score (nSPS) is 11.2. The van der Waals surface area contributed by atoms with E-state index < -0.39 is 26.0 Å². The average molecular weight is 354 g/mol. The van der Waals surface area contributed by atoms with Crippen molar-refractivity contribution in [3.05, 3.63) is 18.5 Å². The van der Waals surface area contributed by atoms with E-state index in [1.807, 2.05) is 0 Å². The van der Waals surface area contributed by atoms with E-state index in [1.165, 1.54) is 0 Å². The molecule has 0 aliphatic rings. The molecule has 0 fully saturated rings. The Bertz CT molecular complexity index is 358. The summed E-state index contributed by atoms with van der Waals surface area (Å²) in [6.07, 6.45) is -3.62. The maximum Gasteiger partial charge on any atom is 1.00 e. The molecule has 0 atom stereocenters. The van der Waals surface area contributed by atoms with Gasteiger partial charge in [0, 0.05) is 0 Å². The van der Waals surface area contributed by atoms with Crippen molar-refractivity contribution in [2.45, 2.75) is 18.6 Å². The molecule has 0 spiro atoms. The van der Waals surface area contributed by atoms with Gasteiger partial charge < -0.3 is 10.7 Å². The monoisotopic (exact) mass is 354 g/mol. The van der Waals surface area contributed by atoms with E-state index in [1.54, 1.807) is 0 Å². The van der Waals surface area contributed by atoms with E-state index in [0.717, 1.165) is 12.4 Å². The molecule has 0 radical (unpaired) electrons. The predicted molar refractivity (Wildman–Crippen MR) is 44.4 cm³/mol. The average Bonchev–Trinajstić information content (AvgIpc) is 2.83. The first-order valence-corrected chi connectivity index (χ1v) is 4.33. The number of aromatic nitrogens is 2. The second-order valence-electron chi connectivity index (χ2n) is 2.90. The first-order valence-electron chi connectivity index (χ1n) is 4.33. The van der Waals surface area contributed by atoms with Crippen LogP contribution in [0.1, 0.15) is 0 Å². The zero-order valence-corrected chi connectivity index (χ0v) is 13.2. The Labute approximate surface area is 154 Å². The van der Waals surface area contributed by atoms with Crippen LogP contribution >= 0.6 is 0 Å². The summed E-state index contributed by atoms with van der Waals surface area (Å²) in [6, 6.07) is 2.25. The van der Waals surface area contributed by atoms with Crippen LogP contribution in [-0.4, -0.2) is 29.2 Å². The van der Waals surface area contributed by atoms with Crippen LogP contribution < -0.4 is 51.4 Å². The molecule has 1 heterocycles. The third-order valence-electron chi connectivity index (χ3n) is 1.50. The molecule has 0 saturated heterocycles. The zero-order valence-electron chi connectivity index (χ0n) is 10.1. The number of hydrogen-bond acceptors (Lipinski definition) is 4. The third kappa shape index (κ3) is 9.07. The van der Waals surface area contributed by atoms with Gasteiger partial charge in [-0.25, -0.2) is 5.10 Å². The van der Waals surface area contributed by atoms with Crippen LogP contribution in [0.4, 0.5) is 35.5 Å². The van der Waals surface area contributed by atoms with Crippen LogP contribution in [0, 0.1) is 6.07 Å². The minimum absolute atomic E-state index is 0. The van der Waals surface area contributed by atoms with E-state index >= 15 is 0 Å². The van der Waals surface area contributed by atoms with Crippen molar-refractivity contribution >= 4 is 7.32 Å². The molecule has 0 saturated carbocycles. The summed E-state index contributed by atoms with van der Waals surface area (Å²) in [5.41, 5.74) is 0. The van der Waals surface area contributed by atoms with Gasteiger partial charge in [0.2, 0.25) is 0 Å². The van der Waals surface area contributed by atoms with Gasteiger partial charge in [0.1, 0.15) is 6.54 Å². The zero-order chi connectivity index (χ0) is 15.8. The molecule has 116 valence electrons. The Balaban J connectivity index is 0. The molecule has 0 unspecified atom stereocenters. The molecule has 0 bridgehead atoms. The van der Waals surface area contributed by atoms with Crippen molar-refractivity contribution in [3.8, 4) is 0 Å². The van der Waals surface area contributed by atoms with E-state index in [-0.39, 0.29) is 51.4 Å². The molecule has 5 nitrogen and oxygen atoms in total. The van der Waals surface area contributed by atoms with Crippen molar-refractivity contribution in [1.29, 1.82) is 0 Å². The van der Waals surface area contributed by atoms with Crippen molar-refractivity contribution in [2.75, 3.05) is 0 Å². The van der Waals surface area contributed by atoms with E-state index in [0.29, 0.717) is 4.68 Å². The van der Waals surface area contributed by atoms with Crippen LogP contribution in [0.15, 0.2) is 12.4 Å². The molecule has 0 amide bonds. The first-order chi connectivity index (χ1) is 9.17. The second-order valence-corrected chi connectivity index (χ2v) is 2.90. The molecular formula is C6H4BF8KN2O3. The van der Waals surface area contributed by atoms with Crippen LogP contribution in [0.25, 0.3) is 0 Å². The number of halogens is 8. The number of nitrogens with zero attached hydrogens (tertiary/aromatic N) is 2. The number of alkyl halides is 5. The Morgan fingerprint density at radius 3 is 1.76 bits per heavy atom. The molecule has 0 aliphatic heterocycles. The van der Waals surface area contributed by atoms with Gasteiger partial charge >= 0.3 is 70.8 Å². The largest absolute Gasteiger partial charge is 1.00 e. The molecule has 1 aromatic rings. The van der Waals surface area contributed by atoms with Gasteiger partial charge in [0.15, 0.2) is 0 Å². The summed E-state index contributed by atoms with van der Waals surface area (Å²) in [4.78, 5) is 7.06. The number of rotatable bonds is 5. The van der Waals surface area contributed by atoms with Crippen molar-refractivity contribution < 1.29 is 101 Å². The Kier molecular flexibility index (Phi) is 12.2. The summed E-state index contributed by atoms with van der Waals surface area (Å²) < 4.78 is 91.2. The van der Waals surface area contributed by atoms with Gasteiger partial charge in [-0.05, 0) is 0 Å². The topological polar surface area (TPSA) is 45.5 Å². The van der Waals surface area contributed by atoms with Crippen LogP contribution in [-0.2, 0) is 21.1 Å². The minimum atomic E-state index is -5.54. The summed E-state index contributed by atoms with van der Waals surface area (Å²) in [7, 11) is -2.51. The molecular weight excluding hydrogens is 350 g/mol. The molecule has 0 N–H and O–H groups in total. The molecule has 21 heavy (non-hydrogen) atoms. The van der Waals surface area contributed by atoms with Crippen LogP contribution in [0.2, 0.25) is 0 Å². The smallest absolute Gasteiger partial charge is 0.432 e. The molecule has 1 rings (SSSR count). The quantitative estimate of drug-likeness (QED) is 0.409. The van der Waals surface area contributed by atoms with E-state index in [2.05, 4.69) is 25.7 Å². The summed E-state index contributed by atoms with van der Waals surface area (Å²) in [6.45, 7) is -1.51. The first kappa shape index (κ1) is 23.5. The number of hydrogen-bond donors (Lipinski definition) is 0. The van der Waals surface area contributed by atoms with E-state index in [4.69, 9.17) is 0 Å². The summed E-state index contributed by atoms with van der Waals surface area (Å²) >= 11 is 0. The van der Waals surface area contributed by atoms with E-state index in [9.17, 15) is 35.5 Å². The van der Waals surface area contributed by atoms with Gasteiger partial charge in [-0.15, -0.1) is 6.20 Å². The SMILES string of the molecule is FC(F)(F)C(F)(F)Cn1c[c-]cn1.FOB(OF)OF.[K+]. The van der Waals surface area contributed by atoms with Gasteiger partial charge in [-0.1, -0.05) is 13.6 Å². The molecule has 0 aliphatic carbocycles. The fourth-order valence-corrected chi connectivity index (χ4v) is 0.681. The molecule has 1 aromatic heterocycles. The summed E-state index contributed by atoms with van der Waals surface area (Å²) in [5.74, 6) is -4.76. The second kappa shape index (κ2) is 10.9. The minimum Gasteiger partial charge on any atom is -0.432 e. The fraction of sp³-hybridized carbons (Fsp3) is 0.500.